The van der Waals surface area contributed by atoms with E-state index in [2.05, 4.69) is 41.2 Å². The molecule has 0 aromatic carbocycles. The third kappa shape index (κ3) is 3.61. The summed E-state index contributed by atoms with van der Waals surface area (Å²) in [5.41, 5.74) is -0.410. The van der Waals surface area contributed by atoms with Crippen LogP contribution < -0.4 is 0 Å². The molecule has 0 aromatic rings. The molecule has 0 saturated heterocycles. The normalized spacial score (nSPS) is 46.8. The molecule has 0 spiro atoms. The van der Waals surface area contributed by atoms with Gasteiger partial charge in [-0.3, -0.25) is 4.79 Å². The maximum atomic E-state index is 13.2. The number of rotatable bonds is 5. The van der Waals surface area contributed by atoms with Crippen molar-refractivity contribution >= 4 is 5.78 Å². The molecule has 5 heteroatoms. The van der Waals surface area contributed by atoms with E-state index in [0.717, 1.165) is 30.4 Å². The highest BCUT2D eigenvalue weighted by Crippen LogP contribution is 2.68. The first-order valence-electron chi connectivity index (χ1n) is 13.0. The summed E-state index contributed by atoms with van der Waals surface area (Å²) in [7, 11) is 0. The third-order valence-corrected chi connectivity index (χ3v) is 10.7. The molecule has 0 unspecified atom stereocenters. The van der Waals surface area contributed by atoms with Crippen molar-refractivity contribution in [2.75, 3.05) is 0 Å². The van der Waals surface area contributed by atoms with Gasteiger partial charge in [0.25, 0.3) is 0 Å². The first-order valence-corrected chi connectivity index (χ1v) is 13.0. The Morgan fingerprint density at radius 2 is 1.79 bits per heavy atom. The fourth-order valence-corrected chi connectivity index (χ4v) is 7.97. The van der Waals surface area contributed by atoms with E-state index in [-0.39, 0.29) is 30.0 Å². The van der Waals surface area contributed by atoms with Gasteiger partial charge in [-0.15, -0.1) is 0 Å². The van der Waals surface area contributed by atoms with Gasteiger partial charge in [0.2, 0.25) is 0 Å². The van der Waals surface area contributed by atoms with Gasteiger partial charge in [0, 0.05) is 11.3 Å². The van der Waals surface area contributed by atoms with Crippen molar-refractivity contribution in [2.24, 2.45) is 40.4 Å². The van der Waals surface area contributed by atoms with Crippen LogP contribution in [0, 0.1) is 40.4 Å². The number of ketones is 1. The Labute approximate surface area is 199 Å². The van der Waals surface area contributed by atoms with Crippen molar-refractivity contribution in [3.63, 3.8) is 0 Å². The van der Waals surface area contributed by atoms with Crippen LogP contribution in [-0.2, 0) is 4.79 Å². The van der Waals surface area contributed by atoms with Gasteiger partial charge in [-0.1, -0.05) is 41.2 Å². The second-order valence-corrected chi connectivity index (χ2v) is 12.6. The van der Waals surface area contributed by atoms with Crippen molar-refractivity contribution < 1.29 is 25.2 Å². The molecule has 10 atom stereocenters. The summed E-state index contributed by atoms with van der Waals surface area (Å²) < 4.78 is 0. The highest BCUT2D eigenvalue weighted by molar-refractivity contribution is 5.95. The average molecular weight is 461 g/mol. The lowest BCUT2D eigenvalue weighted by atomic mass is 9.46. The number of allylic oxidation sites excluding steroid dienone is 1. The van der Waals surface area contributed by atoms with E-state index in [4.69, 9.17) is 0 Å². The Bertz CT molecular complexity index is 847. The van der Waals surface area contributed by atoms with E-state index in [1.165, 1.54) is 0 Å². The monoisotopic (exact) mass is 460 g/mol. The van der Waals surface area contributed by atoms with Crippen molar-refractivity contribution in [3.8, 4) is 0 Å². The molecule has 33 heavy (non-hydrogen) atoms. The molecule has 5 nitrogen and oxygen atoms in total. The van der Waals surface area contributed by atoms with Gasteiger partial charge in [0.15, 0.2) is 5.78 Å². The minimum atomic E-state index is -1.11. The van der Waals surface area contributed by atoms with Crippen LogP contribution >= 0.6 is 0 Å². The van der Waals surface area contributed by atoms with Gasteiger partial charge in [0.1, 0.15) is 0 Å². The second-order valence-electron chi connectivity index (χ2n) is 12.6. The highest BCUT2D eigenvalue weighted by atomic mass is 16.3. The zero-order chi connectivity index (χ0) is 24.5. The predicted molar refractivity (Wildman–Crippen MR) is 128 cm³/mol. The maximum Gasteiger partial charge on any atom is 0.159 e. The number of hydrogen-bond donors (Lipinski definition) is 4. The van der Waals surface area contributed by atoms with E-state index < -0.39 is 34.7 Å². The van der Waals surface area contributed by atoms with Crippen molar-refractivity contribution in [1.82, 2.24) is 0 Å². The van der Waals surface area contributed by atoms with Gasteiger partial charge in [-0.25, -0.2) is 0 Å². The molecule has 3 fully saturated rings. The van der Waals surface area contributed by atoms with Gasteiger partial charge in [-0.05, 0) is 91.3 Å². The van der Waals surface area contributed by atoms with Crippen molar-refractivity contribution in [2.45, 2.75) is 103 Å². The lowest BCUT2D eigenvalue weighted by Gasteiger charge is -2.60. The Morgan fingerprint density at radius 1 is 1.12 bits per heavy atom. The summed E-state index contributed by atoms with van der Waals surface area (Å²) in [5, 5.41) is 43.9. The molecule has 4 N–H and O–H groups in total. The fourth-order valence-electron chi connectivity index (χ4n) is 7.97. The van der Waals surface area contributed by atoms with Gasteiger partial charge < -0.3 is 20.4 Å². The molecular formula is C28H44O5. The largest absolute Gasteiger partial charge is 0.390 e. The maximum absolute atomic E-state index is 13.2. The summed E-state index contributed by atoms with van der Waals surface area (Å²) >= 11 is 0. The van der Waals surface area contributed by atoms with Crippen LogP contribution in [0.1, 0.15) is 79.6 Å². The van der Waals surface area contributed by atoms with Crippen LogP contribution in [0.3, 0.4) is 0 Å². The average Bonchev–Trinajstić information content (AvgIpc) is 3.01. The number of fused-ring (bicyclic) bond motifs is 5. The molecule has 4 aliphatic rings. The molecule has 0 bridgehead atoms. The minimum Gasteiger partial charge on any atom is -0.390 e. The smallest absolute Gasteiger partial charge is 0.159 e. The van der Waals surface area contributed by atoms with E-state index >= 15 is 0 Å². The molecule has 4 rings (SSSR count). The standard InChI is InChI=1S/C28H44O5/c1-15(2)16(3)11-22(29)17(4)18-8-10-28(33)20-12-23(30)21-13-24(31)25(32)14-26(21,5)19(20)7-9-27(18,28)6/h12,15-16,18-19,21-22,24-25,29,31-33H,4,7-11,13-14H2,1-3,5-6H3/t16-,18-,19-,21+,22-,24-,25+,26-,27-,28-/m1/s1. The second kappa shape index (κ2) is 8.29. The van der Waals surface area contributed by atoms with E-state index in [1.807, 2.05) is 0 Å². The highest BCUT2D eigenvalue weighted by Gasteiger charge is 2.66. The van der Waals surface area contributed by atoms with E-state index in [0.29, 0.717) is 31.1 Å². The Kier molecular flexibility index (Phi) is 6.30. The first-order chi connectivity index (χ1) is 15.3. The van der Waals surface area contributed by atoms with Crippen molar-refractivity contribution in [1.29, 1.82) is 0 Å². The predicted octanol–water partition coefficient (Wildman–Crippen LogP) is 3.79. The van der Waals surface area contributed by atoms with Crippen LogP contribution in [0.2, 0.25) is 0 Å². The quantitative estimate of drug-likeness (QED) is 0.468. The Morgan fingerprint density at radius 3 is 2.42 bits per heavy atom. The van der Waals surface area contributed by atoms with Crippen LogP contribution in [0.15, 0.2) is 23.8 Å². The summed E-state index contributed by atoms with van der Waals surface area (Å²) in [4.78, 5) is 13.2. The lowest BCUT2D eigenvalue weighted by Crippen LogP contribution is -2.60. The third-order valence-electron chi connectivity index (χ3n) is 10.7. The first kappa shape index (κ1) is 25.1. The Balaban J connectivity index is 1.65. The number of carbonyl (C=O) groups excluding carboxylic acids is 1. The molecular weight excluding hydrogens is 416 g/mol. The van der Waals surface area contributed by atoms with Crippen LogP contribution in [0.4, 0.5) is 0 Å². The summed E-state index contributed by atoms with van der Waals surface area (Å²) in [5.74, 6) is 0.528. The van der Waals surface area contributed by atoms with E-state index in [9.17, 15) is 25.2 Å². The van der Waals surface area contributed by atoms with Crippen LogP contribution in [-0.4, -0.2) is 50.1 Å². The molecule has 0 aromatic heterocycles. The number of carbonyl (C=O) groups is 1. The SMILES string of the molecule is C=C([C@H](O)C[C@@H](C)C(C)C)[C@H]1CC[C@@]2(O)C3=CC(=O)[C@@H]4C[C@@H](O)[C@@H](O)C[C@]4(C)[C@@H]3CC[C@]12C. The molecule has 0 radical (unpaired) electrons. The van der Waals surface area contributed by atoms with Crippen LogP contribution in [0.25, 0.3) is 0 Å². The number of aliphatic hydroxyl groups excluding tert-OH is 3. The van der Waals surface area contributed by atoms with Gasteiger partial charge >= 0.3 is 0 Å². The summed E-state index contributed by atoms with van der Waals surface area (Å²) in [6, 6.07) is 0. The lowest BCUT2D eigenvalue weighted by molar-refractivity contribution is -0.151. The molecule has 0 amide bonds. The van der Waals surface area contributed by atoms with Crippen LogP contribution in [0.5, 0.6) is 0 Å². The molecule has 4 aliphatic carbocycles. The molecule has 3 saturated carbocycles. The molecule has 186 valence electrons. The number of hydrogen-bond acceptors (Lipinski definition) is 5. The van der Waals surface area contributed by atoms with Gasteiger partial charge in [0.05, 0.1) is 23.9 Å². The summed E-state index contributed by atoms with van der Waals surface area (Å²) in [6.45, 7) is 15.0. The zero-order valence-electron chi connectivity index (χ0n) is 21.1. The van der Waals surface area contributed by atoms with Gasteiger partial charge in [-0.2, -0.15) is 0 Å². The molecule has 0 aliphatic heterocycles. The fraction of sp³-hybridized carbons (Fsp3) is 0.821. The molecule has 0 heterocycles. The zero-order valence-corrected chi connectivity index (χ0v) is 21.1. The van der Waals surface area contributed by atoms with Crippen molar-refractivity contribution in [3.05, 3.63) is 23.8 Å². The minimum absolute atomic E-state index is 0.00175. The summed E-state index contributed by atoms with van der Waals surface area (Å²) in [6.07, 6.45) is 3.64. The number of aliphatic hydroxyl groups is 4. The topological polar surface area (TPSA) is 98.0 Å². The Hall–Kier alpha value is -1.01. The van der Waals surface area contributed by atoms with E-state index in [1.54, 1.807) is 6.08 Å².